The normalized spacial score (nSPS) is 17.9. The van der Waals surface area contributed by atoms with E-state index >= 15 is 0 Å². The molecule has 2 radical (unpaired) electrons. The number of hydrogen-bond acceptors (Lipinski definition) is 0. The Morgan fingerprint density at radius 3 is 1.88 bits per heavy atom. The second-order valence-electron chi connectivity index (χ2n) is 2.60. The van der Waals surface area contributed by atoms with E-state index in [4.69, 9.17) is 7.85 Å². The molecule has 0 rings (SSSR count). The first kappa shape index (κ1) is 8.06. The van der Waals surface area contributed by atoms with Gasteiger partial charge in [-0.25, -0.2) is 0 Å². The van der Waals surface area contributed by atoms with E-state index in [9.17, 15) is 0 Å². The summed E-state index contributed by atoms with van der Waals surface area (Å²) in [5, 5.41) is 0. The van der Waals surface area contributed by atoms with E-state index in [0.717, 1.165) is 12.2 Å². The van der Waals surface area contributed by atoms with E-state index < -0.39 is 0 Å². The van der Waals surface area contributed by atoms with Gasteiger partial charge in [0.2, 0.25) is 0 Å². The molecule has 0 aromatic rings. The van der Waals surface area contributed by atoms with Gasteiger partial charge in [-0.05, 0) is 11.8 Å². The van der Waals surface area contributed by atoms with Crippen LogP contribution in [0.5, 0.6) is 0 Å². The van der Waals surface area contributed by atoms with Crippen molar-refractivity contribution in [3.05, 3.63) is 0 Å². The van der Waals surface area contributed by atoms with Crippen molar-refractivity contribution in [2.75, 3.05) is 0 Å². The van der Waals surface area contributed by atoms with Crippen LogP contribution >= 0.6 is 0 Å². The molecule has 0 aromatic carbocycles. The third-order valence-corrected chi connectivity index (χ3v) is 1.99. The summed E-state index contributed by atoms with van der Waals surface area (Å²) in [6.07, 6.45) is 2.08. The Balaban J connectivity index is 3.29. The fraction of sp³-hybridized carbons (Fsp3) is 1.00. The van der Waals surface area contributed by atoms with Crippen molar-refractivity contribution < 1.29 is 0 Å². The summed E-state index contributed by atoms with van der Waals surface area (Å²) in [5.74, 6) is 1.49. The first-order valence-electron chi connectivity index (χ1n) is 3.42. The van der Waals surface area contributed by atoms with Crippen LogP contribution in [0.15, 0.2) is 0 Å². The van der Waals surface area contributed by atoms with Crippen molar-refractivity contribution in [1.29, 1.82) is 0 Å². The lowest BCUT2D eigenvalue weighted by molar-refractivity contribution is 0.408. The van der Waals surface area contributed by atoms with E-state index in [0.29, 0.717) is 5.92 Å². The van der Waals surface area contributed by atoms with Crippen LogP contribution in [0.4, 0.5) is 0 Å². The Labute approximate surface area is 54.1 Å². The molecule has 0 heterocycles. The molecule has 1 heteroatoms. The van der Waals surface area contributed by atoms with Crippen LogP contribution in [0, 0.1) is 11.8 Å². The first-order valence-corrected chi connectivity index (χ1v) is 3.42. The van der Waals surface area contributed by atoms with Gasteiger partial charge in [-0.15, -0.1) is 0 Å². The van der Waals surface area contributed by atoms with Crippen molar-refractivity contribution in [3.63, 3.8) is 0 Å². The van der Waals surface area contributed by atoms with Crippen molar-refractivity contribution >= 4 is 7.85 Å². The van der Waals surface area contributed by atoms with Crippen molar-refractivity contribution in [1.82, 2.24) is 0 Å². The smallest absolute Gasteiger partial charge is 0.0656 e. The SMILES string of the molecule is [B]CC(C)[C@H](C)CC. The van der Waals surface area contributed by atoms with Gasteiger partial charge in [0.05, 0.1) is 7.85 Å². The van der Waals surface area contributed by atoms with Crippen molar-refractivity contribution in [2.24, 2.45) is 11.8 Å². The van der Waals surface area contributed by atoms with Gasteiger partial charge in [-0.1, -0.05) is 33.5 Å². The molecule has 46 valence electrons. The van der Waals surface area contributed by atoms with Gasteiger partial charge in [-0.2, -0.15) is 0 Å². The largest absolute Gasteiger partial charge is 0.0859 e. The second kappa shape index (κ2) is 4.00. The molecule has 0 aliphatic carbocycles. The molecule has 0 nitrogen and oxygen atoms in total. The highest BCUT2D eigenvalue weighted by Gasteiger charge is 2.05. The Bertz CT molecular complexity index is 44.3. The molecule has 0 bridgehead atoms. The fourth-order valence-electron chi connectivity index (χ4n) is 0.635. The highest BCUT2D eigenvalue weighted by Crippen LogP contribution is 2.16. The molecule has 0 saturated heterocycles. The van der Waals surface area contributed by atoms with Gasteiger partial charge in [0.15, 0.2) is 0 Å². The average Bonchev–Trinajstić information content (AvgIpc) is 1.84. The van der Waals surface area contributed by atoms with Gasteiger partial charge in [0.25, 0.3) is 0 Å². The van der Waals surface area contributed by atoms with Crippen molar-refractivity contribution in [3.8, 4) is 0 Å². The van der Waals surface area contributed by atoms with Gasteiger partial charge < -0.3 is 0 Å². The van der Waals surface area contributed by atoms with Crippen molar-refractivity contribution in [2.45, 2.75) is 33.5 Å². The molecular formula is C7H15B. The standard InChI is InChI=1S/C7H15B/c1-4-6(2)7(3)5-8/h6-7H,4-5H2,1-3H3/t6-,7?/m1/s1. The molecule has 0 N–H and O–H groups in total. The molecule has 0 spiro atoms. The highest BCUT2D eigenvalue weighted by molar-refractivity contribution is 6.08. The van der Waals surface area contributed by atoms with Crippen LogP contribution in [-0.4, -0.2) is 7.85 Å². The molecule has 0 saturated carbocycles. The van der Waals surface area contributed by atoms with Crippen LogP contribution in [0.1, 0.15) is 27.2 Å². The second-order valence-corrected chi connectivity index (χ2v) is 2.60. The maximum Gasteiger partial charge on any atom is 0.0656 e. The van der Waals surface area contributed by atoms with E-state index in [2.05, 4.69) is 20.8 Å². The average molecular weight is 110 g/mol. The maximum absolute atomic E-state index is 5.45. The van der Waals surface area contributed by atoms with E-state index in [-0.39, 0.29) is 0 Å². The summed E-state index contributed by atoms with van der Waals surface area (Å²) < 4.78 is 0. The zero-order valence-electron chi connectivity index (χ0n) is 6.15. The molecule has 0 aliphatic heterocycles. The van der Waals surface area contributed by atoms with Gasteiger partial charge in [0.1, 0.15) is 0 Å². The monoisotopic (exact) mass is 110 g/mol. The zero-order chi connectivity index (χ0) is 6.57. The van der Waals surface area contributed by atoms with E-state index in [1.54, 1.807) is 0 Å². The summed E-state index contributed by atoms with van der Waals surface area (Å²) in [4.78, 5) is 0. The van der Waals surface area contributed by atoms with Gasteiger partial charge in [0, 0.05) is 0 Å². The summed E-state index contributed by atoms with van der Waals surface area (Å²) in [6.45, 7) is 6.66. The lowest BCUT2D eigenvalue weighted by atomic mass is 9.83. The predicted octanol–water partition coefficient (Wildman–Crippen LogP) is 2.26. The minimum atomic E-state index is 0.694. The molecule has 0 aromatic heterocycles. The maximum atomic E-state index is 5.45. The molecular weight excluding hydrogens is 94.9 g/mol. The molecule has 0 amide bonds. The highest BCUT2D eigenvalue weighted by atomic mass is 14.1. The predicted molar refractivity (Wildman–Crippen MR) is 39.2 cm³/mol. The number of hydrogen-bond donors (Lipinski definition) is 0. The van der Waals surface area contributed by atoms with Crippen LogP contribution < -0.4 is 0 Å². The molecule has 0 aliphatic rings. The van der Waals surface area contributed by atoms with E-state index in [1.807, 2.05) is 0 Å². The lowest BCUT2D eigenvalue weighted by Crippen LogP contribution is -2.05. The lowest BCUT2D eigenvalue weighted by Gasteiger charge is -2.15. The fourth-order valence-corrected chi connectivity index (χ4v) is 0.635. The molecule has 1 unspecified atom stereocenters. The summed E-state index contributed by atoms with van der Waals surface area (Å²) >= 11 is 0. The zero-order valence-corrected chi connectivity index (χ0v) is 6.15. The third kappa shape index (κ3) is 2.39. The topological polar surface area (TPSA) is 0 Å². The minimum absolute atomic E-state index is 0.694. The summed E-state index contributed by atoms with van der Waals surface area (Å²) in [6, 6.07) is 0. The quantitative estimate of drug-likeness (QED) is 0.488. The van der Waals surface area contributed by atoms with Crippen LogP contribution in [0.2, 0.25) is 6.32 Å². The minimum Gasteiger partial charge on any atom is -0.0859 e. The Hall–Kier alpha value is 0.0649. The van der Waals surface area contributed by atoms with Crippen LogP contribution in [0.25, 0.3) is 0 Å². The molecule has 8 heavy (non-hydrogen) atoms. The summed E-state index contributed by atoms with van der Waals surface area (Å²) in [5.41, 5.74) is 0. The third-order valence-electron chi connectivity index (χ3n) is 1.99. The Kier molecular flexibility index (Phi) is 4.03. The molecule has 0 fully saturated rings. The first-order chi connectivity index (χ1) is 3.72. The molecule has 2 atom stereocenters. The van der Waals surface area contributed by atoms with E-state index in [1.165, 1.54) is 6.42 Å². The summed E-state index contributed by atoms with van der Waals surface area (Å²) in [7, 11) is 5.45. The van der Waals surface area contributed by atoms with Gasteiger partial charge in [-0.3, -0.25) is 0 Å². The van der Waals surface area contributed by atoms with Crippen LogP contribution in [-0.2, 0) is 0 Å². The Morgan fingerprint density at radius 1 is 1.25 bits per heavy atom. The Morgan fingerprint density at radius 2 is 1.75 bits per heavy atom. The van der Waals surface area contributed by atoms with Crippen LogP contribution in [0.3, 0.4) is 0 Å². The van der Waals surface area contributed by atoms with Gasteiger partial charge >= 0.3 is 0 Å². The number of rotatable bonds is 3.